The number of aliphatic hydroxyl groups excluding tert-OH is 1. The first-order valence-electron chi connectivity index (χ1n) is 4.79. The van der Waals surface area contributed by atoms with E-state index in [0.717, 1.165) is 0 Å². The highest BCUT2D eigenvalue weighted by atomic mass is 16.3. The summed E-state index contributed by atoms with van der Waals surface area (Å²) in [6, 6.07) is -0.513. The molecule has 2 amide bonds. The summed E-state index contributed by atoms with van der Waals surface area (Å²) in [5.41, 5.74) is 0. The zero-order chi connectivity index (χ0) is 11.0. The Morgan fingerprint density at radius 2 is 2.07 bits per heavy atom. The van der Waals surface area contributed by atoms with Crippen LogP contribution in [0.25, 0.3) is 0 Å². The standard InChI is InChI=1S/C9H18N2O3/c1-3-10-9(14)7(2)11-8(13)5-4-6-12/h7,12H,3-6H2,1-2H3,(H,10,14)(H,11,13). The van der Waals surface area contributed by atoms with Crippen LogP contribution in [0, 0.1) is 0 Å². The molecule has 5 nitrogen and oxygen atoms in total. The van der Waals surface area contributed by atoms with E-state index in [9.17, 15) is 9.59 Å². The summed E-state index contributed by atoms with van der Waals surface area (Å²) in [4.78, 5) is 22.3. The van der Waals surface area contributed by atoms with Crippen molar-refractivity contribution in [2.45, 2.75) is 32.7 Å². The quantitative estimate of drug-likeness (QED) is 0.538. The number of nitrogens with one attached hydrogen (secondary N) is 2. The third kappa shape index (κ3) is 5.53. The van der Waals surface area contributed by atoms with Gasteiger partial charge in [0.2, 0.25) is 11.8 Å². The smallest absolute Gasteiger partial charge is 0.242 e. The summed E-state index contributed by atoms with van der Waals surface area (Å²) in [5.74, 6) is -0.400. The summed E-state index contributed by atoms with van der Waals surface area (Å²) >= 11 is 0. The van der Waals surface area contributed by atoms with Crippen LogP contribution in [0.5, 0.6) is 0 Å². The Kier molecular flexibility index (Phi) is 6.74. The minimum atomic E-state index is -0.513. The maximum atomic E-state index is 11.2. The molecule has 5 heteroatoms. The first-order chi connectivity index (χ1) is 6.61. The zero-order valence-corrected chi connectivity index (χ0v) is 8.67. The lowest BCUT2D eigenvalue weighted by Crippen LogP contribution is -2.44. The number of likely N-dealkylation sites (N-methyl/N-ethyl adjacent to an activating group) is 1. The van der Waals surface area contributed by atoms with Gasteiger partial charge in [-0.1, -0.05) is 0 Å². The van der Waals surface area contributed by atoms with Gasteiger partial charge in [0.05, 0.1) is 0 Å². The van der Waals surface area contributed by atoms with Crippen molar-refractivity contribution in [2.24, 2.45) is 0 Å². The molecular weight excluding hydrogens is 184 g/mol. The molecule has 0 aliphatic heterocycles. The molecule has 0 aliphatic carbocycles. The predicted octanol–water partition coefficient (Wildman–Crippen LogP) is -0.600. The van der Waals surface area contributed by atoms with Gasteiger partial charge in [0.15, 0.2) is 0 Å². The molecule has 0 aromatic carbocycles. The van der Waals surface area contributed by atoms with Gasteiger partial charge in [-0.25, -0.2) is 0 Å². The lowest BCUT2D eigenvalue weighted by atomic mass is 10.2. The number of amides is 2. The third-order valence-electron chi connectivity index (χ3n) is 1.68. The van der Waals surface area contributed by atoms with E-state index < -0.39 is 6.04 Å². The third-order valence-corrected chi connectivity index (χ3v) is 1.68. The Labute approximate surface area is 83.9 Å². The van der Waals surface area contributed by atoms with Crippen LogP contribution in [0.4, 0.5) is 0 Å². The highest BCUT2D eigenvalue weighted by Gasteiger charge is 2.13. The molecule has 3 N–H and O–H groups in total. The Morgan fingerprint density at radius 3 is 2.57 bits per heavy atom. The van der Waals surface area contributed by atoms with E-state index in [1.54, 1.807) is 6.92 Å². The van der Waals surface area contributed by atoms with Gasteiger partial charge < -0.3 is 15.7 Å². The van der Waals surface area contributed by atoms with Crippen molar-refractivity contribution in [3.8, 4) is 0 Å². The van der Waals surface area contributed by atoms with Gasteiger partial charge in [-0.05, 0) is 20.3 Å². The number of rotatable bonds is 6. The number of hydrogen-bond acceptors (Lipinski definition) is 3. The van der Waals surface area contributed by atoms with Crippen molar-refractivity contribution in [3.05, 3.63) is 0 Å². The fraction of sp³-hybridized carbons (Fsp3) is 0.778. The number of carbonyl (C=O) groups is 2. The van der Waals surface area contributed by atoms with Crippen LogP contribution in [0.3, 0.4) is 0 Å². The van der Waals surface area contributed by atoms with Crippen LogP contribution in [0.1, 0.15) is 26.7 Å². The summed E-state index contributed by atoms with van der Waals surface area (Å²) in [7, 11) is 0. The van der Waals surface area contributed by atoms with Gasteiger partial charge in [-0.15, -0.1) is 0 Å². The van der Waals surface area contributed by atoms with E-state index in [2.05, 4.69) is 10.6 Å². The molecule has 0 rings (SSSR count). The molecule has 14 heavy (non-hydrogen) atoms. The molecule has 0 heterocycles. The second kappa shape index (κ2) is 7.32. The molecule has 0 spiro atoms. The molecule has 1 unspecified atom stereocenters. The number of carbonyl (C=O) groups excluding carboxylic acids is 2. The van der Waals surface area contributed by atoms with Gasteiger partial charge in [-0.3, -0.25) is 9.59 Å². The minimum Gasteiger partial charge on any atom is -0.396 e. The molecule has 1 atom stereocenters. The highest BCUT2D eigenvalue weighted by Crippen LogP contribution is 1.89. The largest absolute Gasteiger partial charge is 0.396 e. The Morgan fingerprint density at radius 1 is 1.43 bits per heavy atom. The van der Waals surface area contributed by atoms with Crippen LogP contribution >= 0.6 is 0 Å². The normalized spacial score (nSPS) is 11.9. The first kappa shape index (κ1) is 12.9. The van der Waals surface area contributed by atoms with E-state index in [1.165, 1.54) is 0 Å². The molecule has 0 saturated heterocycles. The predicted molar refractivity (Wildman–Crippen MR) is 52.6 cm³/mol. The van der Waals surface area contributed by atoms with Crippen LogP contribution in [0.15, 0.2) is 0 Å². The molecule has 0 saturated carbocycles. The zero-order valence-electron chi connectivity index (χ0n) is 8.67. The van der Waals surface area contributed by atoms with Gasteiger partial charge in [-0.2, -0.15) is 0 Å². The van der Waals surface area contributed by atoms with Crippen molar-refractivity contribution >= 4 is 11.8 Å². The lowest BCUT2D eigenvalue weighted by molar-refractivity contribution is -0.128. The molecule has 0 fully saturated rings. The second-order valence-corrected chi connectivity index (χ2v) is 3.01. The topological polar surface area (TPSA) is 78.4 Å². The molecular formula is C9H18N2O3. The van der Waals surface area contributed by atoms with Crippen LogP contribution in [-0.4, -0.2) is 36.1 Å². The Balaban J connectivity index is 3.75. The van der Waals surface area contributed by atoms with E-state index >= 15 is 0 Å². The minimum absolute atomic E-state index is 0.0110. The van der Waals surface area contributed by atoms with E-state index in [1.807, 2.05) is 6.92 Å². The average Bonchev–Trinajstić information content (AvgIpc) is 2.15. The van der Waals surface area contributed by atoms with E-state index in [0.29, 0.717) is 13.0 Å². The monoisotopic (exact) mass is 202 g/mol. The summed E-state index contributed by atoms with van der Waals surface area (Å²) in [6.07, 6.45) is 0.675. The SMILES string of the molecule is CCNC(=O)C(C)NC(=O)CCCO. The molecule has 0 radical (unpaired) electrons. The maximum absolute atomic E-state index is 11.2. The fourth-order valence-corrected chi connectivity index (χ4v) is 0.946. The molecule has 0 aromatic rings. The maximum Gasteiger partial charge on any atom is 0.242 e. The first-order valence-corrected chi connectivity index (χ1v) is 4.79. The van der Waals surface area contributed by atoms with Gasteiger partial charge >= 0.3 is 0 Å². The van der Waals surface area contributed by atoms with Crippen molar-refractivity contribution in [2.75, 3.05) is 13.2 Å². The Bertz CT molecular complexity index is 194. The van der Waals surface area contributed by atoms with E-state index in [-0.39, 0.29) is 24.8 Å². The molecule has 0 aromatic heterocycles. The summed E-state index contributed by atoms with van der Waals surface area (Å²) in [6.45, 7) is 3.98. The van der Waals surface area contributed by atoms with Crippen molar-refractivity contribution in [1.29, 1.82) is 0 Å². The highest BCUT2D eigenvalue weighted by molar-refractivity contribution is 5.87. The van der Waals surface area contributed by atoms with Gasteiger partial charge in [0.25, 0.3) is 0 Å². The van der Waals surface area contributed by atoms with Gasteiger partial charge in [0.1, 0.15) is 6.04 Å². The number of aliphatic hydroxyl groups is 1. The van der Waals surface area contributed by atoms with Crippen molar-refractivity contribution < 1.29 is 14.7 Å². The van der Waals surface area contributed by atoms with Gasteiger partial charge in [0, 0.05) is 19.6 Å². The van der Waals surface area contributed by atoms with Crippen LogP contribution in [0.2, 0.25) is 0 Å². The molecule has 0 aliphatic rings. The van der Waals surface area contributed by atoms with Crippen molar-refractivity contribution in [1.82, 2.24) is 10.6 Å². The fourth-order valence-electron chi connectivity index (χ4n) is 0.946. The van der Waals surface area contributed by atoms with E-state index in [4.69, 9.17) is 5.11 Å². The molecule has 82 valence electrons. The molecule has 0 bridgehead atoms. The lowest BCUT2D eigenvalue weighted by Gasteiger charge is -2.12. The number of hydrogen-bond donors (Lipinski definition) is 3. The second-order valence-electron chi connectivity index (χ2n) is 3.01. The van der Waals surface area contributed by atoms with Crippen molar-refractivity contribution in [3.63, 3.8) is 0 Å². The average molecular weight is 202 g/mol. The van der Waals surface area contributed by atoms with Crippen LogP contribution < -0.4 is 10.6 Å². The summed E-state index contributed by atoms with van der Waals surface area (Å²) < 4.78 is 0. The van der Waals surface area contributed by atoms with Crippen LogP contribution in [-0.2, 0) is 9.59 Å². The summed E-state index contributed by atoms with van der Waals surface area (Å²) in [5, 5.41) is 13.6. The Hall–Kier alpha value is -1.10.